The van der Waals surface area contributed by atoms with Gasteiger partial charge in [0.15, 0.2) is 0 Å². The van der Waals surface area contributed by atoms with Crippen molar-refractivity contribution < 1.29 is 9.47 Å². The Kier molecular flexibility index (Phi) is 5.84. The average molecular weight is 443 g/mol. The molecule has 2 N–H and O–H groups in total. The largest absolute Gasteiger partial charge is 0.377 e. The summed E-state index contributed by atoms with van der Waals surface area (Å²) in [5.41, 5.74) is 8.36. The fraction of sp³-hybridized carbons (Fsp3) is 0.833. The zero-order valence-electron chi connectivity index (χ0n) is 19.3. The van der Waals surface area contributed by atoms with Crippen LogP contribution in [-0.2, 0) is 9.47 Å². The maximum atomic E-state index is 6.45. The standard InChI is InChI=1S/C24H38N6O2/c1-24(6-7-24)32-17-4-5-20-19(13-17)23(28-27-20)21-14-22(26-16-25-21)30-10-8-29(9-11-30)15-18-3-2-12-31-18/h14,16-20,23,27-28H,2-13,15H2,1H3. The van der Waals surface area contributed by atoms with E-state index in [0.29, 0.717) is 24.2 Å². The Hall–Kier alpha value is -1.32. The lowest BCUT2D eigenvalue weighted by molar-refractivity contribution is -0.0500. The smallest absolute Gasteiger partial charge is 0.132 e. The van der Waals surface area contributed by atoms with Crippen LogP contribution in [0.5, 0.6) is 0 Å². The molecule has 0 radical (unpaired) electrons. The van der Waals surface area contributed by atoms with Crippen LogP contribution >= 0.6 is 0 Å². The first kappa shape index (κ1) is 21.2. The van der Waals surface area contributed by atoms with Crippen LogP contribution in [0.3, 0.4) is 0 Å². The highest BCUT2D eigenvalue weighted by molar-refractivity contribution is 5.40. The number of piperazine rings is 1. The second-order valence-corrected chi connectivity index (χ2v) is 10.8. The Morgan fingerprint density at radius 2 is 2.00 bits per heavy atom. The minimum absolute atomic E-state index is 0.153. The lowest BCUT2D eigenvalue weighted by atomic mass is 9.79. The summed E-state index contributed by atoms with van der Waals surface area (Å²) in [5.74, 6) is 1.58. The molecular weight excluding hydrogens is 404 g/mol. The highest BCUT2D eigenvalue weighted by Gasteiger charge is 2.46. The molecule has 0 aromatic carbocycles. The summed E-state index contributed by atoms with van der Waals surface area (Å²) in [6.07, 6.45) is 10.9. The molecule has 6 rings (SSSR count). The first-order chi connectivity index (χ1) is 15.7. The van der Waals surface area contributed by atoms with Gasteiger partial charge in [0.25, 0.3) is 0 Å². The van der Waals surface area contributed by atoms with Gasteiger partial charge in [-0.25, -0.2) is 15.4 Å². The minimum Gasteiger partial charge on any atom is -0.377 e. The van der Waals surface area contributed by atoms with Gasteiger partial charge in [-0.3, -0.25) is 10.3 Å². The first-order valence-corrected chi connectivity index (χ1v) is 12.7. The van der Waals surface area contributed by atoms with Crippen LogP contribution in [0.1, 0.15) is 63.6 Å². The molecule has 2 aliphatic carbocycles. The van der Waals surface area contributed by atoms with Crippen molar-refractivity contribution >= 4 is 5.82 Å². The summed E-state index contributed by atoms with van der Waals surface area (Å²) in [5, 5.41) is 0. The van der Waals surface area contributed by atoms with Crippen LogP contribution in [0.15, 0.2) is 12.4 Å². The Morgan fingerprint density at radius 1 is 1.12 bits per heavy atom. The molecule has 0 amide bonds. The molecule has 3 aliphatic heterocycles. The Balaban J connectivity index is 1.08. The van der Waals surface area contributed by atoms with Gasteiger partial charge in [0.2, 0.25) is 0 Å². The highest BCUT2D eigenvalue weighted by atomic mass is 16.5. The molecule has 1 aromatic heterocycles. The number of fused-ring (bicyclic) bond motifs is 1. The van der Waals surface area contributed by atoms with E-state index >= 15 is 0 Å². The van der Waals surface area contributed by atoms with E-state index in [1.807, 2.05) is 0 Å². The number of ether oxygens (including phenoxy) is 2. The van der Waals surface area contributed by atoms with Gasteiger partial charge in [0, 0.05) is 57.4 Å². The van der Waals surface area contributed by atoms with Crippen LogP contribution < -0.4 is 15.8 Å². The Morgan fingerprint density at radius 3 is 2.78 bits per heavy atom. The van der Waals surface area contributed by atoms with Crippen molar-refractivity contribution in [1.29, 1.82) is 0 Å². The summed E-state index contributed by atoms with van der Waals surface area (Å²) < 4.78 is 12.3. The molecule has 3 saturated heterocycles. The molecule has 4 heterocycles. The number of rotatable bonds is 6. The van der Waals surface area contributed by atoms with Gasteiger partial charge in [-0.1, -0.05) is 0 Å². The van der Waals surface area contributed by atoms with Gasteiger partial charge >= 0.3 is 0 Å². The number of hydrogen-bond acceptors (Lipinski definition) is 8. The van der Waals surface area contributed by atoms with E-state index in [0.717, 1.165) is 63.7 Å². The van der Waals surface area contributed by atoms with Crippen molar-refractivity contribution in [3.05, 3.63) is 18.1 Å². The van der Waals surface area contributed by atoms with Crippen LogP contribution in [0.4, 0.5) is 5.82 Å². The number of aromatic nitrogens is 2. The summed E-state index contributed by atoms with van der Waals surface area (Å²) in [4.78, 5) is 14.3. The number of hydrazine groups is 1. The normalized spacial score (nSPS) is 36.9. The minimum atomic E-state index is 0.153. The number of anilines is 1. The molecular formula is C24H38N6O2. The van der Waals surface area contributed by atoms with Crippen LogP contribution in [0.2, 0.25) is 0 Å². The monoisotopic (exact) mass is 442 g/mol. The lowest BCUT2D eigenvalue weighted by Crippen LogP contribution is -2.48. The molecule has 5 atom stereocenters. The van der Waals surface area contributed by atoms with E-state index in [2.05, 4.69) is 38.6 Å². The predicted molar refractivity (Wildman–Crippen MR) is 122 cm³/mol. The van der Waals surface area contributed by atoms with E-state index in [4.69, 9.17) is 14.5 Å². The molecule has 5 unspecified atom stereocenters. The lowest BCUT2D eigenvalue weighted by Gasteiger charge is -2.36. The quantitative estimate of drug-likeness (QED) is 0.693. The van der Waals surface area contributed by atoms with Crippen molar-refractivity contribution in [2.24, 2.45) is 5.92 Å². The number of nitrogens with zero attached hydrogens (tertiary/aromatic N) is 4. The molecule has 0 spiro atoms. The highest BCUT2D eigenvalue weighted by Crippen LogP contribution is 2.45. The van der Waals surface area contributed by atoms with Gasteiger partial charge in [0.1, 0.15) is 12.1 Å². The van der Waals surface area contributed by atoms with Crippen molar-refractivity contribution in [1.82, 2.24) is 25.7 Å². The molecule has 176 valence electrons. The average Bonchev–Trinajstić information content (AvgIpc) is 3.18. The summed E-state index contributed by atoms with van der Waals surface area (Å²) in [6.45, 7) is 8.45. The van der Waals surface area contributed by atoms with Crippen molar-refractivity contribution in [2.45, 2.75) is 81.8 Å². The molecule has 32 heavy (non-hydrogen) atoms. The van der Waals surface area contributed by atoms with Crippen molar-refractivity contribution in [2.75, 3.05) is 44.2 Å². The van der Waals surface area contributed by atoms with E-state index in [9.17, 15) is 0 Å². The third kappa shape index (κ3) is 4.53. The maximum Gasteiger partial charge on any atom is 0.132 e. The van der Waals surface area contributed by atoms with Crippen molar-refractivity contribution in [3.63, 3.8) is 0 Å². The second-order valence-electron chi connectivity index (χ2n) is 10.8. The van der Waals surface area contributed by atoms with Gasteiger partial charge in [-0.15, -0.1) is 0 Å². The van der Waals surface area contributed by atoms with Crippen LogP contribution in [-0.4, -0.2) is 78.0 Å². The van der Waals surface area contributed by atoms with Crippen molar-refractivity contribution in [3.8, 4) is 0 Å². The molecule has 5 aliphatic rings. The summed E-state index contributed by atoms with van der Waals surface area (Å²) in [7, 11) is 0. The predicted octanol–water partition coefficient (Wildman–Crippen LogP) is 2.03. The van der Waals surface area contributed by atoms with Gasteiger partial charge in [-0.05, 0) is 51.9 Å². The number of nitrogens with one attached hydrogen (secondary N) is 2. The van der Waals surface area contributed by atoms with E-state index in [1.165, 1.54) is 32.1 Å². The Labute approximate surface area is 191 Å². The van der Waals surface area contributed by atoms with E-state index in [-0.39, 0.29) is 11.6 Å². The third-order valence-electron chi connectivity index (χ3n) is 8.28. The SMILES string of the molecule is CC1(OC2CCC3NNC(c4cc(N5CCN(CC6CCCO6)CC5)ncn4)C3C2)CC1. The molecule has 8 nitrogen and oxygen atoms in total. The summed E-state index contributed by atoms with van der Waals surface area (Å²) >= 11 is 0. The fourth-order valence-electron chi connectivity index (χ4n) is 6.05. The fourth-order valence-corrected chi connectivity index (χ4v) is 6.05. The number of hydrogen-bond donors (Lipinski definition) is 2. The molecule has 8 heteroatoms. The van der Waals surface area contributed by atoms with Crippen LogP contribution in [0.25, 0.3) is 0 Å². The summed E-state index contributed by atoms with van der Waals surface area (Å²) in [6, 6.07) is 2.94. The molecule has 5 fully saturated rings. The zero-order chi connectivity index (χ0) is 21.5. The topological polar surface area (TPSA) is 74.8 Å². The second kappa shape index (κ2) is 8.80. The maximum absolute atomic E-state index is 6.45. The van der Waals surface area contributed by atoms with Gasteiger partial charge in [-0.2, -0.15) is 0 Å². The first-order valence-electron chi connectivity index (χ1n) is 12.7. The molecule has 1 aromatic rings. The zero-order valence-corrected chi connectivity index (χ0v) is 19.3. The van der Waals surface area contributed by atoms with E-state index in [1.54, 1.807) is 6.33 Å². The Bertz CT molecular complexity index is 790. The van der Waals surface area contributed by atoms with Gasteiger partial charge in [0.05, 0.1) is 29.5 Å². The molecule has 2 saturated carbocycles. The van der Waals surface area contributed by atoms with Gasteiger partial charge < -0.3 is 14.4 Å². The van der Waals surface area contributed by atoms with E-state index < -0.39 is 0 Å². The molecule has 0 bridgehead atoms. The third-order valence-corrected chi connectivity index (χ3v) is 8.28. The van der Waals surface area contributed by atoms with Crippen LogP contribution in [0, 0.1) is 5.92 Å².